The van der Waals surface area contributed by atoms with Crippen molar-refractivity contribution in [2.24, 2.45) is 0 Å². The largest absolute Gasteiger partial charge is 0.434 e. The van der Waals surface area contributed by atoms with E-state index in [1.165, 1.54) is 6.92 Å². The minimum atomic E-state index is -4.70. The van der Waals surface area contributed by atoms with Gasteiger partial charge in [-0.05, 0) is 13.3 Å². The minimum absolute atomic E-state index is 0.000478. The maximum Gasteiger partial charge on any atom is 0.434 e. The number of hydrogen-bond acceptors (Lipinski definition) is 26. The Labute approximate surface area is 480 Å². The number of nitrogens with zero attached hydrogens (tertiary/aromatic N) is 2. The quantitative estimate of drug-likeness (QED) is 0.0306. The highest BCUT2D eigenvalue weighted by molar-refractivity contribution is 5.78. The van der Waals surface area contributed by atoms with E-state index in [9.17, 15) is 52.8 Å². The summed E-state index contributed by atoms with van der Waals surface area (Å²) in [5.74, 6) is -1.32. The number of ether oxygens (including phenoxy) is 15. The molecule has 0 bridgehead atoms. The van der Waals surface area contributed by atoms with Crippen LogP contribution in [0.4, 0.5) is 19.0 Å². The molecule has 3 heterocycles. The van der Waals surface area contributed by atoms with Crippen molar-refractivity contribution in [3.8, 4) is 0 Å². The van der Waals surface area contributed by atoms with Crippen LogP contribution in [0, 0.1) is 0 Å². The van der Waals surface area contributed by atoms with Gasteiger partial charge in [0.1, 0.15) is 49.6 Å². The van der Waals surface area contributed by atoms with Crippen molar-refractivity contribution in [3.05, 3.63) is 18.1 Å². The van der Waals surface area contributed by atoms with E-state index < -0.39 is 66.5 Å². The van der Waals surface area contributed by atoms with Crippen molar-refractivity contribution in [1.82, 2.24) is 25.9 Å². The van der Waals surface area contributed by atoms with Gasteiger partial charge in [-0.25, -0.2) is 4.98 Å². The number of hydrogen-bond donors (Lipinski definition) is 8. The molecule has 2 fully saturated rings. The number of halogens is 3. The third kappa shape index (κ3) is 36.6. The number of Topliss-reactive ketones (excluding diaryl/α,β-unsaturated/α-hetero) is 1. The summed E-state index contributed by atoms with van der Waals surface area (Å²) < 4.78 is 121. The lowest BCUT2D eigenvalue weighted by Crippen LogP contribution is -2.57. The minimum Gasteiger partial charge on any atom is -0.390 e. The summed E-state index contributed by atoms with van der Waals surface area (Å²) in [7, 11) is 0. The lowest BCUT2D eigenvalue weighted by atomic mass is 9.98. The summed E-state index contributed by atoms with van der Waals surface area (Å²) in [6.07, 6.45) is -8.58. The van der Waals surface area contributed by atoms with Gasteiger partial charge in [-0.15, -0.1) is 0 Å². The average Bonchev–Trinajstić information content (AvgIpc) is 3.66. The first-order valence-electron chi connectivity index (χ1n) is 27.6. The Hall–Kier alpha value is -4.01. The number of carbonyl (C=O) groups is 4. The monoisotopic (exact) mass is 1210 g/mol. The molecule has 0 saturated carbocycles. The fourth-order valence-corrected chi connectivity index (χ4v) is 7.24. The molecule has 32 heteroatoms. The highest BCUT2D eigenvalue weighted by Gasteiger charge is 2.39. The molecule has 0 aromatic carbocycles. The van der Waals surface area contributed by atoms with Gasteiger partial charge in [-0.1, -0.05) is 0 Å². The maximum atomic E-state index is 13.0. The van der Waals surface area contributed by atoms with Crippen LogP contribution >= 0.6 is 0 Å². The van der Waals surface area contributed by atoms with Crippen LogP contribution in [0.2, 0.25) is 0 Å². The van der Waals surface area contributed by atoms with Crippen LogP contribution < -0.4 is 21.3 Å². The fourth-order valence-electron chi connectivity index (χ4n) is 7.24. The van der Waals surface area contributed by atoms with Crippen LogP contribution in [0.5, 0.6) is 0 Å². The van der Waals surface area contributed by atoms with Gasteiger partial charge in [-0.3, -0.25) is 24.2 Å². The summed E-state index contributed by atoms with van der Waals surface area (Å²) >= 11 is 0. The van der Waals surface area contributed by atoms with Crippen LogP contribution in [0.3, 0.4) is 0 Å². The summed E-state index contributed by atoms with van der Waals surface area (Å²) in [6, 6.07) is -1.58. The Balaban J connectivity index is 1.16. The molecule has 3 amide bonds. The number of rotatable bonds is 51. The number of anilines is 1. The van der Waals surface area contributed by atoms with Crippen LogP contribution in [0.15, 0.2) is 12.4 Å². The molecule has 2 saturated heterocycles. The molecule has 0 radical (unpaired) electrons. The predicted molar refractivity (Wildman–Crippen MR) is 281 cm³/mol. The second-order valence-corrected chi connectivity index (χ2v) is 18.5. The number of nitrogens with one attached hydrogen (secondary N) is 4. The van der Waals surface area contributed by atoms with Crippen molar-refractivity contribution in [3.63, 3.8) is 0 Å². The molecule has 8 N–H and O–H groups in total. The average molecular weight is 1210 g/mol. The molecule has 1 aromatic heterocycles. The summed E-state index contributed by atoms with van der Waals surface area (Å²) in [5, 5.41) is 51.5. The topological polar surface area (TPSA) is 362 Å². The van der Waals surface area contributed by atoms with E-state index in [0.29, 0.717) is 58.9 Å². The Morgan fingerprint density at radius 3 is 1.52 bits per heavy atom. The summed E-state index contributed by atoms with van der Waals surface area (Å²) in [4.78, 5) is 55.4. The van der Waals surface area contributed by atoms with E-state index in [1.807, 2.05) is 0 Å². The third-order valence-electron chi connectivity index (χ3n) is 11.6. The molecule has 0 spiro atoms. The fraction of sp³-hybridized carbons (Fsp3) is 0.843. The van der Waals surface area contributed by atoms with Crippen molar-refractivity contribution < 1.29 is 124 Å². The molecule has 0 aliphatic carbocycles. The molecule has 2 aliphatic heterocycles. The number of aliphatic hydroxyl groups is 4. The van der Waals surface area contributed by atoms with E-state index in [1.54, 1.807) is 0 Å². The zero-order valence-corrected chi connectivity index (χ0v) is 47.2. The predicted octanol–water partition coefficient (Wildman–Crippen LogP) is -2.79. The lowest BCUT2D eigenvalue weighted by Gasteiger charge is -2.38. The third-order valence-corrected chi connectivity index (χ3v) is 11.6. The Bertz CT molecular complexity index is 1860. The SMILES string of the molecule is CC(=O)COCCOCCOCC(=O)NC(COCCC(=O)NCCOCCOCCOCCOCC1OC[C@H](Nc2cncc(C(F)(F)F)n2)[C@@H](O)[C@H]1O)COCCC(=O)NCCOCCOCCOCCOC[C@H]1OCC[C@@H](O)[C@H]1O. The zero-order chi connectivity index (χ0) is 60.2. The highest BCUT2D eigenvalue weighted by Crippen LogP contribution is 2.28. The van der Waals surface area contributed by atoms with Crippen molar-refractivity contribution in [1.29, 1.82) is 0 Å². The molecule has 8 atom stereocenters. The molecular formula is C51H87F3N6O23. The van der Waals surface area contributed by atoms with Crippen molar-refractivity contribution in [2.75, 3.05) is 203 Å². The van der Waals surface area contributed by atoms with Gasteiger partial charge in [0.25, 0.3) is 0 Å². The lowest BCUT2D eigenvalue weighted by molar-refractivity contribution is -0.161. The van der Waals surface area contributed by atoms with Gasteiger partial charge in [0.2, 0.25) is 17.7 Å². The Kier molecular flexibility index (Phi) is 40.8. The first kappa shape index (κ1) is 73.2. The molecule has 1 aromatic rings. The van der Waals surface area contributed by atoms with E-state index in [0.717, 1.165) is 6.20 Å². The molecular weight excluding hydrogens is 1120 g/mol. The zero-order valence-electron chi connectivity index (χ0n) is 47.2. The highest BCUT2D eigenvalue weighted by atomic mass is 19.4. The molecule has 29 nitrogen and oxygen atoms in total. The normalized spacial score (nSPS) is 20.5. The Morgan fingerprint density at radius 2 is 1.02 bits per heavy atom. The standard InChI is InChI=1S/C51H87F3N6O23/c1-37(61)30-78-24-20-75-23-27-81-36-47(65)58-38(31-76-7-3-45(63)56-5-10-69-12-14-71-16-18-73-21-25-79-34-41-49(67)40(62)2-9-82-41)32-77-8-4-46(64)57-6-11-70-13-15-72-17-19-74-22-26-80-35-42-50(68)48(66)39(33-83-42)59-44-29-55-28-43(60-44)51(52,53)54/h28-29,38-42,48-50,62,66-68H,2-27,30-36H2,1H3,(H,56,63)(H,57,64)(H,58,65)(H,59,60)/t38?,39-,40+,41+,42?,48+,49+,50-/m0/s1. The first-order valence-corrected chi connectivity index (χ1v) is 27.6. The number of ketones is 1. The van der Waals surface area contributed by atoms with Crippen molar-refractivity contribution >= 4 is 29.3 Å². The van der Waals surface area contributed by atoms with E-state index in [4.69, 9.17) is 71.1 Å². The number of alkyl halides is 3. The van der Waals surface area contributed by atoms with Crippen LogP contribution in [-0.4, -0.2) is 301 Å². The number of amides is 3. The second-order valence-electron chi connectivity index (χ2n) is 18.5. The smallest absolute Gasteiger partial charge is 0.390 e. The van der Waals surface area contributed by atoms with E-state index in [2.05, 4.69) is 31.2 Å². The van der Waals surface area contributed by atoms with Gasteiger partial charge in [0.15, 0.2) is 11.5 Å². The number of carbonyl (C=O) groups excluding carboxylic acids is 4. The van der Waals surface area contributed by atoms with Crippen LogP contribution in [-0.2, 0) is 96.4 Å². The number of aromatic nitrogens is 2. The molecule has 2 unspecified atom stereocenters. The Morgan fingerprint density at radius 1 is 0.566 bits per heavy atom. The molecule has 480 valence electrons. The first-order chi connectivity index (χ1) is 40.1. The van der Waals surface area contributed by atoms with Gasteiger partial charge in [-0.2, -0.15) is 13.2 Å². The van der Waals surface area contributed by atoms with Gasteiger partial charge < -0.3 is 113 Å². The van der Waals surface area contributed by atoms with Gasteiger partial charge in [0.05, 0.1) is 196 Å². The van der Waals surface area contributed by atoms with Crippen LogP contribution in [0.25, 0.3) is 0 Å². The summed E-state index contributed by atoms with van der Waals surface area (Å²) in [5.41, 5.74) is -1.21. The van der Waals surface area contributed by atoms with Gasteiger partial charge in [0, 0.05) is 32.5 Å². The van der Waals surface area contributed by atoms with E-state index in [-0.39, 0.29) is 188 Å². The van der Waals surface area contributed by atoms with Gasteiger partial charge >= 0.3 is 6.18 Å². The van der Waals surface area contributed by atoms with E-state index >= 15 is 0 Å². The second kappa shape index (κ2) is 46.2. The van der Waals surface area contributed by atoms with Crippen molar-refractivity contribution in [2.45, 2.75) is 81.1 Å². The molecule has 2 aliphatic rings. The number of aliphatic hydroxyl groups excluding tert-OH is 4. The van der Waals surface area contributed by atoms with Crippen LogP contribution in [0.1, 0.15) is 31.9 Å². The summed E-state index contributed by atoms with van der Waals surface area (Å²) in [6.45, 7) is 6.85. The maximum absolute atomic E-state index is 13.0. The molecule has 3 rings (SSSR count). The molecule has 83 heavy (non-hydrogen) atoms.